The van der Waals surface area contributed by atoms with Crippen LogP contribution in [0.3, 0.4) is 0 Å². The second kappa shape index (κ2) is 8.99. The van der Waals surface area contributed by atoms with Crippen molar-refractivity contribution in [1.82, 2.24) is 19.3 Å². The molecule has 1 aromatic carbocycles. The molecule has 0 saturated carbocycles. The fourth-order valence-corrected chi connectivity index (χ4v) is 3.89. The van der Waals surface area contributed by atoms with Gasteiger partial charge in [-0.15, -0.1) is 0 Å². The Morgan fingerprint density at radius 1 is 0.882 bits per heavy atom. The average Bonchev–Trinajstić information content (AvgIpc) is 3.64. The van der Waals surface area contributed by atoms with Crippen LogP contribution in [0.5, 0.6) is 0 Å². The Balaban J connectivity index is 1.59. The van der Waals surface area contributed by atoms with E-state index in [4.69, 9.17) is 10.5 Å². The highest BCUT2D eigenvalue weighted by molar-refractivity contribution is 6.00. The minimum Gasteiger partial charge on any atom is -0.462 e. The maximum atomic E-state index is 12.4. The molecular weight excluding hydrogens is 430 g/mol. The molecule has 0 spiro atoms. The fraction of sp³-hybridized carbons (Fsp3) is 0.0800. The summed E-state index contributed by atoms with van der Waals surface area (Å²) in [7, 11) is 0. The zero-order chi connectivity index (χ0) is 23.5. The van der Waals surface area contributed by atoms with Gasteiger partial charge in [0.1, 0.15) is 0 Å². The average molecular weight is 454 g/mol. The molecule has 5 rings (SSSR count). The van der Waals surface area contributed by atoms with Crippen molar-refractivity contribution >= 4 is 11.7 Å². The Morgan fingerprint density at radius 3 is 2.38 bits per heavy atom. The lowest BCUT2D eigenvalue weighted by Gasteiger charge is -2.12. The number of H-pyrrole nitrogens is 2. The zero-order valence-corrected chi connectivity index (χ0v) is 18.5. The lowest BCUT2D eigenvalue weighted by atomic mass is 9.99. The van der Waals surface area contributed by atoms with Crippen LogP contribution in [0.15, 0.2) is 95.9 Å². The van der Waals surface area contributed by atoms with E-state index in [1.165, 1.54) is 0 Å². The van der Waals surface area contributed by atoms with Crippen molar-refractivity contribution < 1.29 is 9.53 Å². The van der Waals surface area contributed by atoms with E-state index >= 15 is 0 Å². The highest BCUT2D eigenvalue weighted by atomic mass is 16.5. The Morgan fingerprint density at radius 2 is 1.65 bits per heavy atom. The van der Waals surface area contributed by atoms with E-state index in [1.807, 2.05) is 73.3 Å². The molecule has 34 heavy (non-hydrogen) atoms. The first kappa shape index (κ1) is 21.1. The number of ether oxygens (including phenoxy) is 1. The molecule has 0 fully saturated rings. The lowest BCUT2D eigenvalue weighted by molar-refractivity contribution is 0.0527. The van der Waals surface area contributed by atoms with Gasteiger partial charge >= 0.3 is 5.97 Å². The molecule has 4 heterocycles. The Hall–Kier alpha value is -4.79. The molecule has 0 atom stereocenters. The van der Waals surface area contributed by atoms with E-state index in [0.717, 1.165) is 28.3 Å². The number of esters is 1. The van der Waals surface area contributed by atoms with Gasteiger partial charge in [0.05, 0.1) is 40.6 Å². The van der Waals surface area contributed by atoms with E-state index in [0.29, 0.717) is 16.8 Å². The maximum absolute atomic E-state index is 12.4. The molecule has 5 aromatic rings. The van der Waals surface area contributed by atoms with Gasteiger partial charge in [0, 0.05) is 35.9 Å². The number of aromatic nitrogens is 4. The number of nitrogens with zero attached hydrogens (tertiary/aromatic N) is 4. The molecule has 0 aliphatic carbocycles. The lowest BCUT2D eigenvalue weighted by Crippen LogP contribution is -2.08. The monoisotopic (exact) mass is 453 g/mol. The standard InChI is InChI=1S/C25H23N7O2/c1-2-34-25(33)19-8-3-7-17(23(19)26)18-12-16-32(24(18)21-10-5-14-28-21)30-29-31-15-6-11-22(31)20-9-4-13-27-20/h3-16,27-28H,2,26H2,1H3/b30-29+. The second-order valence-corrected chi connectivity index (χ2v) is 7.49. The van der Waals surface area contributed by atoms with Crippen LogP contribution in [0, 0.1) is 0 Å². The summed E-state index contributed by atoms with van der Waals surface area (Å²) in [5.74, 6) is -0.452. The molecule has 9 nitrogen and oxygen atoms in total. The molecule has 0 bridgehead atoms. The SMILES string of the molecule is CCOC(=O)c1cccc(-c2ccn(/N=N/n3cccc3-c3ccc[nH]3)c2-c2ccc[nH]2)c1N. The third-order valence-electron chi connectivity index (χ3n) is 5.45. The molecule has 9 heteroatoms. The van der Waals surface area contributed by atoms with Gasteiger partial charge in [-0.05, 0) is 65.9 Å². The minimum atomic E-state index is -0.452. The van der Waals surface area contributed by atoms with E-state index < -0.39 is 5.97 Å². The first-order valence-electron chi connectivity index (χ1n) is 10.8. The predicted octanol–water partition coefficient (Wildman–Crippen LogP) is 5.38. The molecule has 170 valence electrons. The molecule has 0 saturated heterocycles. The maximum Gasteiger partial charge on any atom is 0.340 e. The van der Waals surface area contributed by atoms with Crippen LogP contribution < -0.4 is 5.73 Å². The summed E-state index contributed by atoms with van der Waals surface area (Å²) in [6.45, 7) is 2.04. The van der Waals surface area contributed by atoms with Gasteiger partial charge in [-0.25, -0.2) is 14.1 Å². The largest absolute Gasteiger partial charge is 0.462 e. The van der Waals surface area contributed by atoms with Crippen LogP contribution in [0.4, 0.5) is 5.69 Å². The van der Waals surface area contributed by atoms with Crippen LogP contribution in [-0.2, 0) is 4.74 Å². The van der Waals surface area contributed by atoms with Crippen molar-refractivity contribution in [3.63, 3.8) is 0 Å². The number of carbonyl (C=O) groups is 1. The van der Waals surface area contributed by atoms with Crippen molar-refractivity contribution in [2.45, 2.75) is 6.92 Å². The zero-order valence-electron chi connectivity index (χ0n) is 18.5. The van der Waals surface area contributed by atoms with Gasteiger partial charge in [0.2, 0.25) is 0 Å². The van der Waals surface area contributed by atoms with Gasteiger partial charge in [-0.3, -0.25) is 0 Å². The van der Waals surface area contributed by atoms with Crippen LogP contribution >= 0.6 is 0 Å². The number of nitrogen functional groups attached to an aromatic ring is 1. The van der Waals surface area contributed by atoms with Crippen LogP contribution in [-0.4, -0.2) is 31.9 Å². The first-order chi connectivity index (χ1) is 16.7. The quantitative estimate of drug-likeness (QED) is 0.174. The van der Waals surface area contributed by atoms with E-state index in [-0.39, 0.29) is 6.61 Å². The van der Waals surface area contributed by atoms with Crippen molar-refractivity contribution in [1.29, 1.82) is 0 Å². The normalized spacial score (nSPS) is 11.3. The summed E-state index contributed by atoms with van der Waals surface area (Å²) >= 11 is 0. The van der Waals surface area contributed by atoms with Crippen LogP contribution in [0.2, 0.25) is 0 Å². The number of rotatable bonds is 7. The number of para-hydroxylation sites is 1. The number of hydrogen-bond donors (Lipinski definition) is 3. The smallest absolute Gasteiger partial charge is 0.340 e. The molecule has 4 N–H and O–H groups in total. The molecular formula is C25H23N7O2. The highest BCUT2D eigenvalue weighted by Crippen LogP contribution is 2.37. The molecule has 0 radical (unpaired) electrons. The summed E-state index contributed by atoms with van der Waals surface area (Å²) in [6, 6.07) is 18.8. The van der Waals surface area contributed by atoms with Crippen LogP contribution in [0.1, 0.15) is 17.3 Å². The molecule has 0 aliphatic rings. The minimum absolute atomic E-state index is 0.275. The summed E-state index contributed by atoms with van der Waals surface area (Å²) < 4.78 is 8.53. The number of benzene rings is 1. The van der Waals surface area contributed by atoms with Crippen LogP contribution in [0.25, 0.3) is 33.9 Å². The van der Waals surface area contributed by atoms with E-state index in [1.54, 1.807) is 28.4 Å². The Bertz CT molecular complexity index is 1440. The third-order valence-corrected chi connectivity index (χ3v) is 5.45. The molecule has 0 amide bonds. The predicted molar refractivity (Wildman–Crippen MR) is 130 cm³/mol. The van der Waals surface area contributed by atoms with Gasteiger partial charge < -0.3 is 20.4 Å². The number of hydrogen-bond acceptors (Lipinski definition) is 5. The van der Waals surface area contributed by atoms with Gasteiger partial charge in [0.15, 0.2) is 0 Å². The highest BCUT2D eigenvalue weighted by Gasteiger charge is 2.20. The second-order valence-electron chi connectivity index (χ2n) is 7.49. The molecule has 0 unspecified atom stereocenters. The number of nitrogens with two attached hydrogens (primary N) is 1. The summed E-state index contributed by atoms with van der Waals surface area (Å²) in [6.07, 6.45) is 7.34. The molecule has 4 aromatic heterocycles. The fourth-order valence-electron chi connectivity index (χ4n) is 3.89. The van der Waals surface area contributed by atoms with E-state index in [9.17, 15) is 4.79 Å². The Labute approximate surface area is 195 Å². The van der Waals surface area contributed by atoms with Crippen molar-refractivity contribution in [3.05, 3.63) is 91.0 Å². The van der Waals surface area contributed by atoms with Crippen molar-refractivity contribution in [3.8, 4) is 33.9 Å². The number of anilines is 1. The number of carbonyl (C=O) groups excluding carboxylic acids is 1. The van der Waals surface area contributed by atoms with Crippen molar-refractivity contribution in [2.24, 2.45) is 10.4 Å². The van der Waals surface area contributed by atoms with Gasteiger partial charge in [0.25, 0.3) is 0 Å². The van der Waals surface area contributed by atoms with Crippen molar-refractivity contribution in [2.75, 3.05) is 12.3 Å². The number of nitrogens with one attached hydrogen (secondary N) is 2. The van der Waals surface area contributed by atoms with Gasteiger partial charge in [-0.1, -0.05) is 12.1 Å². The molecule has 0 aliphatic heterocycles. The van der Waals surface area contributed by atoms with Gasteiger partial charge in [-0.2, -0.15) is 0 Å². The first-order valence-corrected chi connectivity index (χ1v) is 10.8. The third kappa shape index (κ3) is 3.79. The summed E-state index contributed by atoms with van der Waals surface area (Å²) in [5, 5.41) is 8.90. The Kier molecular flexibility index (Phi) is 5.57. The topological polar surface area (TPSA) is 118 Å². The summed E-state index contributed by atoms with van der Waals surface area (Å²) in [4.78, 5) is 18.8. The number of aromatic amines is 2. The van der Waals surface area contributed by atoms with E-state index in [2.05, 4.69) is 20.4 Å². The summed E-state index contributed by atoms with van der Waals surface area (Å²) in [5.41, 5.74) is 12.0.